The first kappa shape index (κ1) is 15.9. The molecule has 0 aliphatic carbocycles. The number of benzene rings is 1. The minimum Gasteiger partial charge on any atom is -0.387 e. The summed E-state index contributed by atoms with van der Waals surface area (Å²) in [6.07, 6.45) is 0.763. The molecule has 130 valence electrons. The van der Waals surface area contributed by atoms with Crippen molar-refractivity contribution < 1.29 is 9.50 Å². The molecule has 1 saturated heterocycles. The second kappa shape index (κ2) is 6.73. The first-order valence-electron chi connectivity index (χ1n) is 8.27. The van der Waals surface area contributed by atoms with Crippen LogP contribution in [-0.4, -0.2) is 62.5 Å². The Labute approximate surface area is 144 Å². The number of piperazine rings is 1. The number of nitrogens with zero attached hydrogens (tertiary/aromatic N) is 6. The van der Waals surface area contributed by atoms with Gasteiger partial charge in [-0.3, -0.25) is 4.90 Å². The average molecular weight is 342 g/mol. The van der Waals surface area contributed by atoms with Gasteiger partial charge in [0, 0.05) is 38.3 Å². The van der Waals surface area contributed by atoms with Crippen molar-refractivity contribution in [2.45, 2.75) is 6.10 Å². The third-order valence-electron chi connectivity index (χ3n) is 4.54. The fourth-order valence-corrected chi connectivity index (χ4v) is 3.13. The van der Waals surface area contributed by atoms with E-state index in [1.54, 1.807) is 29.0 Å². The summed E-state index contributed by atoms with van der Waals surface area (Å²) in [5.74, 6) is 0.515. The first-order chi connectivity index (χ1) is 12.2. The predicted octanol–water partition coefficient (Wildman–Crippen LogP) is 1.12. The number of rotatable bonds is 4. The molecule has 3 heterocycles. The Morgan fingerprint density at radius 1 is 1.08 bits per heavy atom. The van der Waals surface area contributed by atoms with E-state index in [2.05, 4.69) is 25.1 Å². The number of aliphatic hydroxyl groups excluding tert-OH is 1. The summed E-state index contributed by atoms with van der Waals surface area (Å²) in [7, 11) is 0. The van der Waals surface area contributed by atoms with Gasteiger partial charge in [-0.1, -0.05) is 18.2 Å². The lowest BCUT2D eigenvalue weighted by Crippen LogP contribution is -2.48. The van der Waals surface area contributed by atoms with Gasteiger partial charge in [-0.05, 0) is 18.2 Å². The Hall–Kier alpha value is -2.58. The van der Waals surface area contributed by atoms with Crippen LogP contribution in [0.4, 0.5) is 10.2 Å². The van der Waals surface area contributed by atoms with Gasteiger partial charge in [0.05, 0.1) is 6.10 Å². The number of halogens is 1. The molecule has 25 heavy (non-hydrogen) atoms. The summed E-state index contributed by atoms with van der Waals surface area (Å²) >= 11 is 0. The van der Waals surface area contributed by atoms with E-state index in [0.717, 1.165) is 37.6 Å². The number of aliphatic hydroxyl groups is 1. The highest BCUT2D eigenvalue weighted by Gasteiger charge is 2.22. The van der Waals surface area contributed by atoms with Gasteiger partial charge in [-0.2, -0.15) is 4.52 Å². The van der Waals surface area contributed by atoms with Crippen molar-refractivity contribution in [3.63, 3.8) is 0 Å². The van der Waals surface area contributed by atoms with Crippen molar-refractivity contribution in [1.29, 1.82) is 0 Å². The summed E-state index contributed by atoms with van der Waals surface area (Å²) in [4.78, 5) is 4.33. The molecule has 1 fully saturated rings. The Bertz CT molecular complexity index is 861. The van der Waals surface area contributed by atoms with Gasteiger partial charge in [0.1, 0.15) is 18.0 Å². The molecule has 1 N–H and O–H groups in total. The molecule has 0 amide bonds. The van der Waals surface area contributed by atoms with Gasteiger partial charge in [0.15, 0.2) is 5.65 Å². The standard InChI is InChI=1S/C17H19FN6O/c18-14-4-2-1-3-13(14)15(25)11-22-7-9-23(10-8-22)17-6-5-16-20-19-12-24(16)21-17/h1-6,12,15,25H,7-11H2/t15-/m0/s1. The van der Waals surface area contributed by atoms with Crippen molar-refractivity contribution in [3.05, 3.63) is 54.1 Å². The van der Waals surface area contributed by atoms with E-state index < -0.39 is 6.10 Å². The monoisotopic (exact) mass is 342 g/mol. The number of fused-ring (bicyclic) bond motifs is 1. The third kappa shape index (κ3) is 3.31. The summed E-state index contributed by atoms with van der Waals surface area (Å²) in [5, 5.41) is 22.6. The molecular weight excluding hydrogens is 323 g/mol. The predicted molar refractivity (Wildman–Crippen MR) is 90.8 cm³/mol. The van der Waals surface area contributed by atoms with Gasteiger partial charge >= 0.3 is 0 Å². The molecule has 0 bridgehead atoms. The molecule has 1 atom stereocenters. The van der Waals surface area contributed by atoms with Crippen molar-refractivity contribution in [1.82, 2.24) is 24.7 Å². The fourth-order valence-electron chi connectivity index (χ4n) is 3.13. The SMILES string of the molecule is O[C@@H](CN1CCN(c2ccc3nncn3n2)CC1)c1ccccc1F. The maximum absolute atomic E-state index is 13.8. The van der Waals surface area contributed by atoms with Gasteiger partial charge in [-0.15, -0.1) is 15.3 Å². The summed E-state index contributed by atoms with van der Waals surface area (Å²) in [5.41, 5.74) is 1.07. The van der Waals surface area contributed by atoms with E-state index in [1.165, 1.54) is 6.07 Å². The van der Waals surface area contributed by atoms with Crippen molar-refractivity contribution >= 4 is 11.5 Å². The molecule has 0 saturated carbocycles. The third-order valence-corrected chi connectivity index (χ3v) is 4.54. The zero-order chi connectivity index (χ0) is 17.2. The number of aromatic nitrogens is 4. The minimum atomic E-state index is -0.820. The fraction of sp³-hybridized carbons (Fsp3) is 0.353. The topological polar surface area (TPSA) is 69.8 Å². The number of anilines is 1. The Balaban J connectivity index is 1.37. The van der Waals surface area contributed by atoms with Crippen LogP contribution in [-0.2, 0) is 0 Å². The van der Waals surface area contributed by atoms with Crippen LogP contribution in [0.15, 0.2) is 42.7 Å². The highest BCUT2D eigenvalue weighted by Crippen LogP contribution is 2.19. The smallest absolute Gasteiger partial charge is 0.177 e. The number of hydrogen-bond acceptors (Lipinski definition) is 6. The van der Waals surface area contributed by atoms with Crippen LogP contribution >= 0.6 is 0 Å². The first-order valence-corrected chi connectivity index (χ1v) is 8.27. The summed E-state index contributed by atoms with van der Waals surface area (Å²) < 4.78 is 15.4. The zero-order valence-corrected chi connectivity index (χ0v) is 13.7. The van der Waals surface area contributed by atoms with Crippen LogP contribution in [0.25, 0.3) is 5.65 Å². The van der Waals surface area contributed by atoms with Crippen LogP contribution in [0.1, 0.15) is 11.7 Å². The van der Waals surface area contributed by atoms with Gasteiger partial charge in [0.25, 0.3) is 0 Å². The Kier molecular flexibility index (Phi) is 4.29. The van der Waals surface area contributed by atoms with E-state index in [1.807, 2.05) is 12.1 Å². The Morgan fingerprint density at radius 3 is 2.68 bits per heavy atom. The molecule has 0 radical (unpaired) electrons. The number of β-amino-alcohol motifs (C(OH)–C–C–N with tert-alkyl or cyclic N) is 1. The van der Waals surface area contributed by atoms with Crippen LogP contribution in [0.3, 0.4) is 0 Å². The quantitative estimate of drug-likeness (QED) is 0.766. The normalized spacial score (nSPS) is 17.1. The second-order valence-electron chi connectivity index (χ2n) is 6.15. The molecule has 0 spiro atoms. The Morgan fingerprint density at radius 2 is 1.88 bits per heavy atom. The van der Waals surface area contributed by atoms with E-state index in [9.17, 15) is 9.50 Å². The molecule has 1 aromatic carbocycles. The maximum Gasteiger partial charge on any atom is 0.177 e. The van der Waals surface area contributed by atoms with Crippen molar-refractivity contribution in [2.24, 2.45) is 0 Å². The molecule has 3 aromatic rings. The maximum atomic E-state index is 13.8. The molecular formula is C17H19FN6O. The van der Waals surface area contributed by atoms with E-state index in [4.69, 9.17) is 0 Å². The number of hydrogen-bond donors (Lipinski definition) is 1. The largest absolute Gasteiger partial charge is 0.387 e. The summed E-state index contributed by atoms with van der Waals surface area (Å²) in [6, 6.07) is 10.2. The average Bonchev–Trinajstić information content (AvgIpc) is 3.10. The highest BCUT2D eigenvalue weighted by atomic mass is 19.1. The van der Waals surface area contributed by atoms with E-state index in [-0.39, 0.29) is 5.82 Å². The van der Waals surface area contributed by atoms with Gasteiger partial charge in [-0.25, -0.2) is 4.39 Å². The van der Waals surface area contributed by atoms with Crippen LogP contribution in [0.2, 0.25) is 0 Å². The zero-order valence-electron chi connectivity index (χ0n) is 13.7. The minimum absolute atomic E-state index is 0.352. The van der Waals surface area contributed by atoms with Gasteiger partial charge in [0.2, 0.25) is 0 Å². The van der Waals surface area contributed by atoms with Gasteiger partial charge < -0.3 is 10.0 Å². The van der Waals surface area contributed by atoms with E-state index in [0.29, 0.717) is 12.1 Å². The second-order valence-corrected chi connectivity index (χ2v) is 6.15. The van der Waals surface area contributed by atoms with Crippen LogP contribution in [0.5, 0.6) is 0 Å². The molecule has 8 heteroatoms. The van der Waals surface area contributed by atoms with Crippen LogP contribution in [0, 0.1) is 5.82 Å². The molecule has 0 unspecified atom stereocenters. The molecule has 2 aromatic heterocycles. The molecule has 1 aliphatic rings. The van der Waals surface area contributed by atoms with Crippen LogP contribution < -0.4 is 4.90 Å². The molecule has 7 nitrogen and oxygen atoms in total. The lowest BCUT2D eigenvalue weighted by molar-refractivity contribution is 0.106. The lowest BCUT2D eigenvalue weighted by atomic mass is 10.1. The highest BCUT2D eigenvalue weighted by molar-refractivity contribution is 5.45. The van der Waals surface area contributed by atoms with Crippen molar-refractivity contribution in [3.8, 4) is 0 Å². The lowest BCUT2D eigenvalue weighted by Gasteiger charge is -2.36. The van der Waals surface area contributed by atoms with Crippen molar-refractivity contribution in [2.75, 3.05) is 37.6 Å². The van der Waals surface area contributed by atoms with E-state index >= 15 is 0 Å². The molecule has 1 aliphatic heterocycles. The summed E-state index contributed by atoms with van der Waals surface area (Å²) in [6.45, 7) is 3.59. The molecule has 4 rings (SSSR count).